The van der Waals surface area contributed by atoms with Crippen LogP contribution in [0.1, 0.15) is 10.4 Å². The number of nitrogens with two attached hydrogens (primary N) is 1. The van der Waals surface area contributed by atoms with Crippen LogP contribution in [0.25, 0.3) is 0 Å². The van der Waals surface area contributed by atoms with Gasteiger partial charge in [0.15, 0.2) is 0 Å². The van der Waals surface area contributed by atoms with Crippen LogP contribution < -0.4 is 57.1 Å². The van der Waals surface area contributed by atoms with E-state index in [9.17, 15) is 4.79 Å². The summed E-state index contributed by atoms with van der Waals surface area (Å²) in [7, 11) is 0. The quantitative estimate of drug-likeness (QED) is 0.464. The molecule has 1 amide bonds. The van der Waals surface area contributed by atoms with Crippen LogP contribution in [-0.2, 0) is 0 Å². The molecule has 52 valence electrons. The zero-order chi connectivity index (χ0) is 7.56. The minimum Gasteiger partial charge on any atom is -0.507 e. The van der Waals surface area contributed by atoms with Crippen LogP contribution in [0.5, 0.6) is 5.75 Å². The van der Waals surface area contributed by atoms with E-state index < -0.39 is 5.91 Å². The Balaban J connectivity index is 0.000001000. The normalized spacial score (nSPS) is 8.36. The summed E-state index contributed by atoms with van der Waals surface area (Å²) in [4.78, 5) is 10.5. The number of carbonyl (C=O) groups excluding carboxylic acids is 1. The molecule has 3 nitrogen and oxygen atoms in total. The van der Waals surface area contributed by atoms with Crippen LogP contribution in [0.2, 0.25) is 0 Å². The largest absolute Gasteiger partial charge is 1.00 e. The molecule has 1 aromatic rings. The topological polar surface area (TPSA) is 63.3 Å². The molecule has 0 bridgehead atoms. The first-order valence-corrected chi connectivity index (χ1v) is 2.79. The van der Waals surface area contributed by atoms with Crippen molar-refractivity contribution in [1.29, 1.82) is 0 Å². The zero-order valence-corrected chi connectivity index (χ0v) is 9.37. The van der Waals surface area contributed by atoms with E-state index in [1.165, 1.54) is 12.1 Å². The van der Waals surface area contributed by atoms with E-state index in [2.05, 4.69) is 0 Å². The summed E-state index contributed by atoms with van der Waals surface area (Å²) in [5, 5.41) is 8.98. The summed E-state index contributed by atoms with van der Waals surface area (Å²) in [5.41, 5.74) is 5.07. The fourth-order valence-electron chi connectivity index (χ4n) is 0.682. The molecule has 0 aliphatic carbocycles. The molecule has 0 radical (unpaired) electrons. The van der Waals surface area contributed by atoms with Gasteiger partial charge in [0.25, 0.3) is 5.91 Å². The van der Waals surface area contributed by atoms with Crippen LogP contribution >= 0.6 is 0 Å². The Hall–Kier alpha value is 0.126. The predicted molar refractivity (Wildman–Crippen MR) is 36.6 cm³/mol. The van der Waals surface area contributed by atoms with Crippen LogP contribution in [0.4, 0.5) is 0 Å². The number of aromatic hydroxyl groups is 1. The number of amides is 1. The maximum Gasteiger partial charge on any atom is 1.00 e. The Kier molecular flexibility index (Phi) is 4.95. The van der Waals surface area contributed by atoms with Crippen LogP contribution in [-0.4, -0.2) is 11.0 Å². The smallest absolute Gasteiger partial charge is 0.507 e. The van der Waals surface area contributed by atoms with Gasteiger partial charge in [0.2, 0.25) is 0 Å². The van der Waals surface area contributed by atoms with Gasteiger partial charge in [-0.3, -0.25) is 4.79 Å². The van der Waals surface area contributed by atoms with Crippen molar-refractivity contribution in [3.8, 4) is 5.75 Å². The molecule has 1 aromatic carbocycles. The second kappa shape index (κ2) is 4.90. The van der Waals surface area contributed by atoms with E-state index >= 15 is 0 Å². The standard InChI is InChI=1S/C7H7NO2.K/c8-7(10)5-3-1-2-4-6(5)9;/h1-4,9H,(H2,8,10);/q;+1. The average Bonchev–Trinajstić information content (AvgIpc) is 1.88. The zero-order valence-electron chi connectivity index (χ0n) is 6.24. The maximum atomic E-state index is 10.5. The first kappa shape index (κ1) is 11.1. The van der Waals surface area contributed by atoms with Gasteiger partial charge in [-0.15, -0.1) is 0 Å². The molecule has 4 heteroatoms. The van der Waals surface area contributed by atoms with E-state index in [-0.39, 0.29) is 62.7 Å². The van der Waals surface area contributed by atoms with E-state index in [0.717, 1.165) is 0 Å². The minimum atomic E-state index is -0.613. The second-order valence-electron chi connectivity index (χ2n) is 1.88. The van der Waals surface area contributed by atoms with Crippen molar-refractivity contribution in [3.63, 3.8) is 0 Å². The van der Waals surface area contributed by atoms with Gasteiger partial charge >= 0.3 is 51.4 Å². The number of hydrogen-bond donors (Lipinski definition) is 2. The Morgan fingerprint density at radius 3 is 2.27 bits per heavy atom. The molecule has 0 atom stereocenters. The van der Waals surface area contributed by atoms with Gasteiger partial charge in [0, 0.05) is 0 Å². The molecule has 0 aliphatic heterocycles. The van der Waals surface area contributed by atoms with Crippen molar-refractivity contribution in [2.45, 2.75) is 0 Å². The molecule has 0 unspecified atom stereocenters. The van der Waals surface area contributed by atoms with Gasteiger partial charge in [-0.05, 0) is 12.1 Å². The number of phenols is 1. The van der Waals surface area contributed by atoms with E-state index in [4.69, 9.17) is 10.8 Å². The molecule has 11 heavy (non-hydrogen) atoms. The van der Waals surface area contributed by atoms with Crippen molar-refractivity contribution in [2.24, 2.45) is 5.73 Å². The van der Waals surface area contributed by atoms with Gasteiger partial charge in [0.1, 0.15) is 5.75 Å². The molecule has 0 aromatic heterocycles. The van der Waals surface area contributed by atoms with Gasteiger partial charge in [-0.1, -0.05) is 12.1 Å². The molecule has 1 rings (SSSR count). The number of hydrogen-bond acceptors (Lipinski definition) is 2. The third-order valence-corrected chi connectivity index (χ3v) is 1.17. The monoisotopic (exact) mass is 176 g/mol. The van der Waals surface area contributed by atoms with Crippen molar-refractivity contribution in [1.82, 2.24) is 0 Å². The van der Waals surface area contributed by atoms with Crippen LogP contribution in [0, 0.1) is 0 Å². The SMILES string of the molecule is NC(=O)c1ccccc1O.[K+]. The van der Waals surface area contributed by atoms with Crippen molar-refractivity contribution in [3.05, 3.63) is 29.8 Å². The number of benzene rings is 1. The maximum absolute atomic E-state index is 10.5. The van der Waals surface area contributed by atoms with Crippen molar-refractivity contribution in [2.75, 3.05) is 0 Å². The molecule has 0 saturated heterocycles. The summed E-state index contributed by atoms with van der Waals surface area (Å²) in [6.45, 7) is 0. The average molecular weight is 176 g/mol. The Bertz CT molecular complexity index is 262. The van der Waals surface area contributed by atoms with Gasteiger partial charge in [0.05, 0.1) is 5.56 Å². The Morgan fingerprint density at radius 1 is 1.36 bits per heavy atom. The third-order valence-electron chi connectivity index (χ3n) is 1.17. The summed E-state index contributed by atoms with van der Waals surface area (Å²) in [5.74, 6) is -0.687. The number of primary amides is 1. The number of carbonyl (C=O) groups is 1. The van der Waals surface area contributed by atoms with Crippen LogP contribution in [0.3, 0.4) is 0 Å². The minimum absolute atomic E-state index is 0. The Morgan fingerprint density at radius 2 is 1.91 bits per heavy atom. The summed E-state index contributed by atoms with van der Waals surface area (Å²) in [6.07, 6.45) is 0. The summed E-state index contributed by atoms with van der Waals surface area (Å²) in [6, 6.07) is 6.15. The first-order valence-electron chi connectivity index (χ1n) is 2.79. The molecule has 0 heterocycles. The Labute approximate surface area is 107 Å². The summed E-state index contributed by atoms with van der Waals surface area (Å²) >= 11 is 0. The fourth-order valence-corrected chi connectivity index (χ4v) is 0.682. The summed E-state index contributed by atoms with van der Waals surface area (Å²) < 4.78 is 0. The van der Waals surface area contributed by atoms with Crippen molar-refractivity contribution >= 4 is 5.91 Å². The third kappa shape index (κ3) is 2.92. The van der Waals surface area contributed by atoms with E-state index in [1.807, 2.05) is 0 Å². The van der Waals surface area contributed by atoms with E-state index in [0.29, 0.717) is 0 Å². The molecule has 3 N–H and O–H groups in total. The van der Waals surface area contributed by atoms with Gasteiger partial charge in [-0.2, -0.15) is 0 Å². The molecular formula is C7H7KNO2+. The predicted octanol–water partition coefficient (Wildman–Crippen LogP) is -2.50. The fraction of sp³-hybridized carbons (Fsp3) is 0. The van der Waals surface area contributed by atoms with Gasteiger partial charge < -0.3 is 10.8 Å². The number of rotatable bonds is 1. The second-order valence-corrected chi connectivity index (χ2v) is 1.88. The molecule has 0 saturated carbocycles. The van der Waals surface area contributed by atoms with Crippen LogP contribution in [0.15, 0.2) is 24.3 Å². The van der Waals surface area contributed by atoms with Crippen molar-refractivity contribution < 1.29 is 61.3 Å². The first-order chi connectivity index (χ1) is 4.72. The van der Waals surface area contributed by atoms with Gasteiger partial charge in [-0.25, -0.2) is 0 Å². The van der Waals surface area contributed by atoms with E-state index in [1.54, 1.807) is 12.1 Å². The number of para-hydroxylation sites is 1. The molecule has 0 aliphatic rings. The molecular weight excluding hydrogens is 169 g/mol. The molecule has 0 fully saturated rings. The molecule has 0 spiro atoms.